The summed E-state index contributed by atoms with van der Waals surface area (Å²) in [6, 6.07) is 2.06. The van der Waals surface area contributed by atoms with Gasteiger partial charge in [0.2, 0.25) is 0 Å². The van der Waals surface area contributed by atoms with Crippen LogP contribution in [0.3, 0.4) is 0 Å². The Morgan fingerprint density at radius 2 is 1.86 bits per heavy atom. The molecule has 1 rings (SSSR count). The van der Waals surface area contributed by atoms with Crippen molar-refractivity contribution in [3.8, 4) is 5.75 Å². The van der Waals surface area contributed by atoms with Crippen LogP contribution in [0.25, 0.3) is 0 Å². The van der Waals surface area contributed by atoms with E-state index in [1.54, 1.807) is 0 Å². The van der Waals surface area contributed by atoms with Gasteiger partial charge in [-0.05, 0) is 55.9 Å². The molecule has 0 unspecified atom stereocenters. The maximum atomic E-state index is 9.72. The fraction of sp³-hybridized carbons (Fsp3) is 0.462. The molecule has 1 heteroatoms. The zero-order valence-electron chi connectivity index (χ0n) is 9.52. The molecule has 0 aromatic heterocycles. The Balaban J connectivity index is 3.06. The van der Waals surface area contributed by atoms with E-state index in [1.165, 1.54) is 17.5 Å². The monoisotopic (exact) mass is 191 g/mol. The summed E-state index contributed by atoms with van der Waals surface area (Å²) in [5.41, 5.74) is 4.43. The van der Waals surface area contributed by atoms with Gasteiger partial charge in [0.1, 0.15) is 5.75 Å². The van der Waals surface area contributed by atoms with Crippen LogP contribution < -0.4 is 0 Å². The summed E-state index contributed by atoms with van der Waals surface area (Å²) in [7, 11) is 0. The van der Waals surface area contributed by atoms with E-state index >= 15 is 0 Å². The van der Waals surface area contributed by atoms with E-state index < -0.39 is 0 Å². The first-order valence-electron chi connectivity index (χ1n) is 5.20. The van der Waals surface area contributed by atoms with Gasteiger partial charge in [-0.2, -0.15) is 0 Å². The smallest absolute Gasteiger partial charge is 0.121 e. The van der Waals surface area contributed by atoms with Crippen LogP contribution in [0.5, 0.6) is 5.75 Å². The molecule has 0 spiro atoms. The van der Waals surface area contributed by atoms with Crippen LogP contribution in [-0.4, -0.2) is 5.11 Å². The number of phenols is 1. The molecular formula is C13H19O. The molecule has 0 aliphatic rings. The maximum absolute atomic E-state index is 9.72. The number of aryl methyl sites for hydroxylation is 1. The van der Waals surface area contributed by atoms with Gasteiger partial charge in [0.05, 0.1) is 0 Å². The Kier molecular flexibility index (Phi) is 3.56. The lowest BCUT2D eigenvalue weighted by Crippen LogP contribution is -1.93. The van der Waals surface area contributed by atoms with Crippen molar-refractivity contribution < 1.29 is 5.11 Å². The third kappa shape index (κ3) is 2.09. The van der Waals surface area contributed by atoms with Gasteiger partial charge in [0.15, 0.2) is 0 Å². The zero-order valence-corrected chi connectivity index (χ0v) is 9.52. The lowest BCUT2D eigenvalue weighted by Gasteiger charge is -2.12. The molecule has 14 heavy (non-hydrogen) atoms. The summed E-state index contributed by atoms with van der Waals surface area (Å²) < 4.78 is 0. The topological polar surface area (TPSA) is 20.2 Å². The van der Waals surface area contributed by atoms with E-state index in [0.717, 1.165) is 17.5 Å². The van der Waals surface area contributed by atoms with Crippen molar-refractivity contribution in [1.82, 2.24) is 0 Å². The Morgan fingerprint density at radius 1 is 1.21 bits per heavy atom. The first-order valence-corrected chi connectivity index (χ1v) is 5.20. The summed E-state index contributed by atoms with van der Waals surface area (Å²) in [6.45, 7) is 8.16. The van der Waals surface area contributed by atoms with Gasteiger partial charge in [0.25, 0.3) is 0 Å². The second-order valence-corrected chi connectivity index (χ2v) is 3.87. The van der Waals surface area contributed by atoms with Gasteiger partial charge in [-0.3, -0.25) is 0 Å². The molecule has 1 N–H and O–H groups in total. The fourth-order valence-electron chi connectivity index (χ4n) is 1.61. The highest BCUT2D eigenvalue weighted by Crippen LogP contribution is 2.28. The lowest BCUT2D eigenvalue weighted by atomic mass is 9.95. The summed E-state index contributed by atoms with van der Waals surface area (Å²) in [5, 5.41) is 9.72. The number of aromatic hydroxyl groups is 1. The average Bonchev–Trinajstić information content (AvgIpc) is 2.18. The van der Waals surface area contributed by atoms with Crippen molar-refractivity contribution >= 4 is 0 Å². The van der Waals surface area contributed by atoms with Crippen LogP contribution in [0.15, 0.2) is 6.07 Å². The van der Waals surface area contributed by atoms with Crippen LogP contribution >= 0.6 is 0 Å². The van der Waals surface area contributed by atoms with Gasteiger partial charge in [-0.25, -0.2) is 0 Å². The van der Waals surface area contributed by atoms with E-state index in [0.29, 0.717) is 5.75 Å². The van der Waals surface area contributed by atoms with Crippen LogP contribution in [0.4, 0.5) is 0 Å². The highest BCUT2D eigenvalue weighted by atomic mass is 16.3. The summed E-state index contributed by atoms with van der Waals surface area (Å²) in [6.07, 6.45) is 4.51. The SMILES string of the molecule is CCC[CH]c1cc(C)c(O)c(C)c1C. The molecule has 0 saturated heterocycles. The largest absolute Gasteiger partial charge is 0.507 e. The van der Waals surface area contributed by atoms with Crippen LogP contribution in [0.2, 0.25) is 0 Å². The van der Waals surface area contributed by atoms with Gasteiger partial charge in [-0.15, -0.1) is 0 Å². The highest BCUT2D eigenvalue weighted by molar-refractivity contribution is 5.50. The molecule has 0 amide bonds. The van der Waals surface area contributed by atoms with Crippen LogP contribution in [0.1, 0.15) is 42.0 Å². The van der Waals surface area contributed by atoms with Crippen LogP contribution in [0, 0.1) is 27.2 Å². The molecule has 1 aromatic carbocycles. The van der Waals surface area contributed by atoms with Gasteiger partial charge < -0.3 is 5.11 Å². The Morgan fingerprint density at radius 3 is 2.43 bits per heavy atom. The van der Waals surface area contributed by atoms with E-state index in [2.05, 4.69) is 26.3 Å². The predicted molar refractivity (Wildman–Crippen MR) is 60.6 cm³/mol. The maximum Gasteiger partial charge on any atom is 0.121 e. The Labute approximate surface area is 86.8 Å². The lowest BCUT2D eigenvalue weighted by molar-refractivity contribution is 0.466. The predicted octanol–water partition coefficient (Wildman–Crippen LogP) is 3.67. The van der Waals surface area contributed by atoms with Crippen molar-refractivity contribution in [3.05, 3.63) is 34.7 Å². The Hall–Kier alpha value is -0.980. The van der Waals surface area contributed by atoms with Crippen molar-refractivity contribution in [2.75, 3.05) is 0 Å². The van der Waals surface area contributed by atoms with E-state index in [1.807, 2.05) is 13.8 Å². The van der Waals surface area contributed by atoms with Gasteiger partial charge in [0, 0.05) is 0 Å². The van der Waals surface area contributed by atoms with Crippen LogP contribution in [-0.2, 0) is 0 Å². The molecule has 1 nitrogen and oxygen atoms in total. The standard InChI is InChI=1S/C13H19O/c1-5-6-7-12-8-9(2)13(14)11(4)10(12)3/h7-8,14H,5-6H2,1-4H3. The molecule has 0 aliphatic heterocycles. The second kappa shape index (κ2) is 4.50. The minimum atomic E-state index is 0.441. The molecule has 77 valence electrons. The summed E-state index contributed by atoms with van der Waals surface area (Å²) in [4.78, 5) is 0. The number of rotatable bonds is 3. The number of hydrogen-bond acceptors (Lipinski definition) is 1. The van der Waals surface area contributed by atoms with Crippen molar-refractivity contribution in [3.63, 3.8) is 0 Å². The zero-order chi connectivity index (χ0) is 10.7. The molecule has 0 heterocycles. The van der Waals surface area contributed by atoms with E-state index in [9.17, 15) is 5.11 Å². The van der Waals surface area contributed by atoms with E-state index in [4.69, 9.17) is 0 Å². The van der Waals surface area contributed by atoms with E-state index in [-0.39, 0.29) is 0 Å². The third-order valence-electron chi connectivity index (χ3n) is 2.75. The first-order chi connectivity index (χ1) is 6.57. The van der Waals surface area contributed by atoms with Gasteiger partial charge in [-0.1, -0.05) is 19.4 Å². The molecule has 0 fully saturated rings. The van der Waals surface area contributed by atoms with Crippen molar-refractivity contribution in [2.45, 2.75) is 40.5 Å². The molecule has 0 bridgehead atoms. The molecule has 1 radical (unpaired) electrons. The molecule has 0 saturated carbocycles. The Bertz CT molecular complexity index is 326. The quantitative estimate of drug-likeness (QED) is 0.772. The number of unbranched alkanes of at least 4 members (excludes halogenated alkanes) is 1. The molecule has 0 aliphatic carbocycles. The first kappa shape index (κ1) is 11.1. The number of phenolic OH excluding ortho intramolecular Hbond substituents is 1. The molecule has 1 aromatic rings. The fourth-order valence-corrected chi connectivity index (χ4v) is 1.61. The number of hydrogen-bond donors (Lipinski definition) is 1. The third-order valence-corrected chi connectivity index (χ3v) is 2.75. The minimum Gasteiger partial charge on any atom is -0.507 e. The molecular weight excluding hydrogens is 172 g/mol. The van der Waals surface area contributed by atoms with Crippen molar-refractivity contribution in [2.24, 2.45) is 0 Å². The van der Waals surface area contributed by atoms with Gasteiger partial charge >= 0.3 is 0 Å². The number of benzene rings is 1. The second-order valence-electron chi connectivity index (χ2n) is 3.87. The van der Waals surface area contributed by atoms with Crippen molar-refractivity contribution in [1.29, 1.82) is 0 Å². The summed E-state index contributed by atoms with van der Waals surface area (Å²) in [5.74, 6) is 0.441. The summed E-state index contributed by atoms with van der Waals surface area (Å²) >= 11 is 0. The average molecular weight is 191 g/mol. The minimum absolute atomic E-state index is 0.441. The normalized spacial score (nSPS) is 10.6. The highest BCUT2D eigenvalue weighted by Gasteiger charge is 2.08. The molecule has 0 atom stereocenters.